The summed E-state index contributed by atoms with van der Waals surface area (Å²) in [7, 11) is 0. The molecule has 152 valence electrons. The van der Waals surface area contributed by atoms with Gasteiger partial charge < -0.3 is 10.2 Å². The van der Waals surface area contributed by atoms with E-state index in [0.29, 0.717) is 22.8 Å². The van der Waals surface area contributed by atoms with Crippen molar-refractivity contribution in [2.45, 2.75) is 19.8 Å². The molecule has 0 saturated carbocycles. The molecule has 30 heavy (non-hydrogen) atoms. The van der Waals surface area contributed by atoms with E-state index >= 15 is 0 Å². The van der Waals surface area contributed by atoms with Gasteiger partial charge in [0.15, 0.2) is 0 Å². The molecule has 1 aliphatic heterocycles. The van der Waals surface area contributed by atoms with Crippen LogP contribution in [0.5, 0.6) is 0 Å². The summed E-state index contributed by atoms with van der Waals surface area (Å²) in [4.78, 5) is 33.0. The number of carbonyl (C=O) groups is 2. The highest BCUT2D eigenvalue weighted by molar-refractivity contribution is 9.11. The van der Waals surface area contributed by atoms with E-state index in [2.05, 4.69) is 28.2 Å². The zero-order valence-electron chi connectivity index (χ0n) is 16.4. The minimum absolute atomic E-state index is 0.0672. The average Bonchev–Trinajstić information content (AvgIpc) is 3.13. The lowest BCUT2D eigenvalue weighted by Gasteiger charge is -2.22. The van der Waals surface area contributed by atoms with Crippen LogP contribution in [-0.2, 0) is 16.0 Å². The van der Waals surface area contributed by atoms with E-state index in [1.807, 2.05) is 60.7 Å². The number of aryl methyl sites for hydroxylation is 1. The van der Waals surface area contributed by atoms with Crippen molar-refractivity contribution in [2.75, 3.05) is 16.8 Å². The molecule has 2 aromatic carbocycles. The summed E-state index contributed by atoms with van der Waals surface area (Å²) in [6.07, 6.45) is 1.08. The van der Waals surface area contributed by atoms with Gasteiger partial charge in [0.25, 0.3) is 0 Å². The lowest BCUT2D eigenvalue weighted by Crippen LogP contribution is -2.38. The highest BCUT2D eigenvalue weighted by Crippen LogP contribution is 2.34. The number of amides is 2. The first-order valence-corrected chi connectivity index (χ1v) is 11.3. The van der Waals surface area contributed by atoms with Crippen LogP contribution in [0.3, 0.4) is 0 Å². The van der Waals surface area contributed by atoms with Crippen molar-refractivity contribution < 1.29 is 9.59 Å². The Morgan fingerprint density at radius 2 is 1.90 bits per heavy atom. The Morgan fingerprint density at radius 3 is 2.60 bits per heavy atom. The Bertz CT molecular complexity index is 1120. The predicted molar refractivity (Wildman–Crippen MR) is 126 cm³/mol. The molecule has 5 nitrogen and oxygen atoms in total. The Hall–Kier alpha value is -2.77. The molecule has 0 unspecified atom stereocenters. The SMILES string of the molecule is CCc1ccc(NC(=O)CN2C(=O)CC(c3ccc(Br)s3)=Nc3ccccc32)cc1. The van der Waals surface area contributed by atoms with Crippen LogP contribution in [0.15, 0.2) is 69.4 Å². The number of aliphatic imine (C=N–C) groups is 1. The standard InChI is InChI=1S/C23H20BrN3O2S/c1-2-15-7-9-16(10-8-15)25-22(28)14-27-19-6-4-3-5-17(19)26-18(13-23(27)29)20-11-12-21(24)30-20/h3-12H,2,13-14H2,1H3,(H,25,28). The summed E-state index contributed by atoms with van der Waals surface area (Å²) in [6, 6.07) is 19.1. The highest BCUT2D eigenvalue weighted by Gasteiger charge is 2.27. The van der Waals surface area contributed by atoms with Crippen molar-refractivity contribution in [1.29, 1.82) is 0 Å². The third kappa shape index (κ3) is 4.52. The summed E-state index contributed by atoms with van der Waals surface area (Å²) < 4.78 is 0.982. The fourth-order valence-electron chi connectivity index (χ4n) is 3.30. The normalized spacial score (nSPS) is 13.5. The Labute approximate surface area is 187 Å². The molecule has 0 aliphatic carbocycles. The molecule has 2 amide bonds. The number of nitrogens with one attached hydrogen (secondary N) is 1. The molecule has 4 rings (SSSR count). The number of hydrogen-bond donors (Lipinski definition) is 1. The lowest BCUT2D eigenvalue weighted by molar-refractivity contribution is -0.120. The highest BCUT2D eigenvalue weighted by atomic mass is 79.9. The summed E-state index contributed by atoms with van der Waals surface area (Å²) >= 11 is 5.00. The van der Waals surface area contributed by atoms with E-state index in [1.54, 1.807) is 0 Å². The number of halogens is 1. The predicted octanol–water partition coefficient (Wildman–Crippen LogP) is 5.57. The number of thiophene rings is 1. The summed E-state index contributed by atoms with van der Waals surface area (Å²) in [5, 5.41) is 2.88. The van der Waals surface area contributed by atoms with E-state index in [1.165, 1.54) is 21.8 Å². The fourth-order valence-corrected chi connectivity index (χ4v) is 4.67. The van der Waals surface area contributed by atoms with Gasteiger partial charge in [-0.3, -0.25) is 9.59 Å². The zero-order valence-corrected chi connectivity index (χ0v) is 18.8. The number of carbonyl (C=O) groups excluding carboxylic acids is 2. The molecule has 0 radical (unpaired) electrons. The maximum atomic E-state index is 13.1. The molecule has 0 atom stereocenters. The number of hydrogen-bond acceptors (Lipinski definition) is 4. The number of rotatable bonds is 5. The van der Waals surface area contributed by atoms with Gasteiger partial charge in [0.2, 0.25) is 11.8 Å². The van der Waals surface area contributed by atoms with E-state index in [0.717, 1.165) is 15.1 Å². The first-order chi connectivity index (χ1) is 14.5. The summed E-state index contributed by atoms with van der Waals surface area (Å²) in [6.45, 7) is 2.02. The van der Waals surface area contributed by atoms with Crippen molar-refractivity contribution in [3.63, 3.8) is 0 Å². The molecule has 1 aliphatic rings. The van der Waals surface area contributed by atoms with E-state index in [4.69, 9.17) is 4.99 Å². The molecule has 2 heterocycles. The Balaban J connectivity index is 1.57. The van der Waals surface area contributed by atoms with Gasteiger partial charge in [0.05, 0.1) is 32.2 Å². The van der Waals surface area contributed by atoms with Gasteiger partial charge in [-0.1, -0.05) is 31.2 Å². The van der Waals surface area contributed by atoms with Crippen LogP contribution < -0.4 is 10.2 Å². The van der Waals surface area contributed by atoms with Gasteiger partial charge in [-0.25, -0.2) is 4.99 Å². The van der Waals surface area contributed by atoms with Gasteiger partial charge >= 0.3 is 0 Å². The van der Waals surface area contributed by atoms with Crippen molar-refractivity contribution in [3.8, 4) is 0 Å². The monoisotopic (exact) mass is 481 g/mol. The van der Waals surface area contributed by atoms with Gasteiger partial charge in [0.1, 0.15) is 6.54 Å². The van der Waals surface area contributed by atoms with E-state index < -0.39 is 0 Å². The van der Waals surface area contributed by atoms with E-state index in [9.17, 15) is 9.59 Å². The molecule has 0 saturated heterocycles. The van der Waals surface area contributed by atoms with Gasteiger partial charge in [-0.05, 0) is 64.3 Å². The number of nitrogens with zero attached hydrogens (tertiary/aromatic N) is 2. The van der Waals surface area contributed by atoms with Crippen LogP contribution in [0.4, 0.5) is 17.1 Å². The largest absolute Gasteiger partial charge is 0.325 e. The van der Waals surface area contributed by atoms with Gasteiger partial charge in [0, 0.05) is 5.69 Å². The first-order valence-electron chi connectivity index (χ1n) is 9.65. The van der Waals surface area contributed by atoms with Gasteiger partial charge in [-0.15, -0.1) is 11.3 Å². The van der Waals surface area contributed by atoms with Crippen molar-refractivity contribution >= 4 is 61.9 Å². The second-order valence-electron chi connectivity index (χ2n) is 6.91. The summed E-state index contributed by atoms with van der Waals surface area (Å²) in [5.74, 6) is -0.399. The second-order valence-corrected chi connectivity index (χ2v) is 9.37. The number of benzene rings is 2. The van der Waals surface area contributed by atoms with Crippen LogP contribution in [0.25, 0.3) is 0 Å². The van der Waals surface area contributed by atoms with Crippen LogP contribution in [0.2, 0.25) is 0 Å². The minimum Gasteiger partial charge on any atom is -0.325 e. The number of para-hydroxylation sites is 2. The maximum absolute atomic E-state index is 13.1. The van der Waals surface area contributed by atoms with Crippen molar-refractivity contribution in [2.24, 2.45) is 4.99 Å². The molecule has 0 bridgehead atoms. The average molecular weight is 482 g/mol. The number of fused-ring (bicyclic) bond motifs is 1. The minimum atomic E-state index is -0.246. The Morgan fingerprint density at radius 1 is 1.13 bits per heavy atom. The molecule has 1 N–H and O–H groups in total. The van der Waals surface area contributed by atoms with Crippen LogP contribution >= 0.6 is 27.3 Å². The third-order valence-electron chi connectivity index (χ3n) is 4.85. The maximum Gasteiger partial charge on any atom is 0.244 e. The van der Waals surface area contributed by atoms with Crippen molar-refractivity contribution in [3.05, 3.63) is 74.9 Å². The van der Waals surface area contributed by atoms with Crippen LogP contribution in [0, 0.1) is 0 Å². The topological polar surface area (TPSA) is 61.8 Å². The molecule has 1 aromatic heterocycles. The third-order valence-corrected chi connectivity index (χ3v) is 6.53. The molecule has 7 heteroatoms. The van der Waals surface area contributed by atoms with Crippen LogP contribution in [0.1, 0.15) is 23.8 Å². The van der Waals surface area contributed by atoms with Crippen molar-refractivity contribution in [1.82, 2.24) is 0 Å². The first kappa shape index (κ1) is 20.5. The van der Waals surface area contributed by atoms with E-state index in [-0.39, 0.29) is 24.8 Å². The molecule has 0 spiro atoms. The lowest BCUT2D eigenvalue weighted by atomic mass is 10.1. The second kappa shape index (κ2) is 8.93. The molecule has 3 aromatic rings. The number of anilines is 2. The molecule has 0 fully saturated rings. The Kier molecular flexibility index (Phi) is 6.11. The zero-order chi connectivity index (χ0) is 21.1. The smallest absolute Gasteiger partial charge is 0.244 e. The molecular formula is C23H20BrN3O2S. The summed E-state index contributed by atoms with van der Waals surface area (Å²) in [5.41, 5.74) is 3.96. The fraction of sp³-hybridized carbons (Fsp3) is 0.174. The molecular weight excluding hydrogens is 462 g/mol. The van der Waals surface area contributed by atoms with Crippen LogP contribution in [-0.4, -0.2) is 24.1 Å². The van der Waals surface area contributed by atoms with Gasteiger partial charge in [-0.2, -0.15) is 0 Å². The quantitative estimate of drug-likeness (QED) is 0.517.